The maximum atomic E-state index is 12.6. The number of benzene rings is 1. The highest BCUT2D eigenvalue weighted by molar-refractivity contribution is 6.00. The minimum absolute atomic E-state index is 0.0133. The Morgan fingerprint density at radius 2 is 1.85 bits per heavy atom. The molecular formula is C20H26N2O4. The van der Waals surface area contributed by atoms with Crippen LogP contribution in [-0.2, 0) is 20.8 Å². The van der Waals surface area contributed by atoms with Crippen LogP contribution in [0.1, 0.15) is 44.6 Å². The summed E-state index contributed by atoms with van der Waals surface area (Å²) >= 11 is 0. The number of carbonyl (C=O) groups excluding carboxylic acids is 2. The maximum Gasteiger partial charge on any atom is 0.306 e. The molecular weight excluding hydrogens is 332 g/mol. The van der Waals surface area contributed by atoms with E-state index in [-0.39, 0.29) is 36.1 Å². The lowest BCUT2D eigenvalue weighted by molar-refractivity contribution is -0.142. The van der Waals surface area contributed by atoms with Crippen molar-refractivity contribution in [1.29, 1.82) is 0 Å². The van der Waals surface area contributed by atoms with E-state index in [4.69, 9.17) is 5.11 Å². The summed E-state index contributed by atoms with van der Waals surface area (Å²) in [5.74, 6) is -1.49. The first-order valence-electron chi connectivity index (χ1n) is 9.41. The van der Waals surface area contributed by atoms with Crippen molar-refractivity contribution in [3.05, 3.63) is 29.8 Å². The first-order chi connectivity index (χ1) is 12.5. The summed E-state index contributed by atoms with van der Waals surface area (Å²) in [6.07, 6.45) is 3.63. The molecule has 1 saturated heterocycles. The van der Waals surface area contributed by atoms with Crippen LogP contribution < -0.4 is 10.2 Å². The molecule has 1 aliphatic carbocycles. The van der Waals surface area contributed by atoms with Gasteiger partial charge in [-0.1, -0.05) is 25.1 Å². The third kappa shape index (κ3) is 3.89. The highest BCUT2D eigenvalue weighted by atomic mass is 16.4. The SMILES string of the molecule is CCc1ccccc1N1C[C@H](C(=O)NC2CCC(C(=O)O)CC2)CC1=O. The van der Waals surface area contributed by atoms with Crippen LogP contribution in [0.2, 0.25) is 0 Å². The molecule has 1 saturated carbocycles. The van der Waals surface area contributed by atoms with E-state index in [1.165, 1.54) is 0 Å². The number of aryl methyl sites for hydroxylation is 1. The van der Waals surface area contributed by atoms with Gasteiger partial charge >= 0.3 is 5.97 Å². The average Bonchev–Trinajstić information content (AvgIpc) is 3.04. The van der Waals surface area contributed by atoms with Crippen LogP contribution in [0.25, 0.3) is 0 Å². The average molecular weight is 358 g/mol. The number of carbonyl (C=O) groups is 3. The highest BCUT2D eigenvalue weighted by Gasteiger charge is 2.37. The lowest BCUT2D eigenvalue weighted by Crippen LogP contribution is -2.42. The van der Waals surface area contributed by atoms with Gasteiger partial charge in [-0.2, -0.15) is 0 Å². The molecule has 2 N–H and O–H groups in total. The quantitative estimate of drug-likeness (QED) is 0.846. The minimum Gasteiger partial charge on any atom is -0.481 e. The lowest BCUT2D eigenvalue weighted by Gasteiger charge is -2.27. The molecule has 2 aliphatic rings. The Labute approximate surface area is 153 Å². The van der Waals surface area contributed by atoms with Gasteiger partial charge in [-0.3, -0.25) is 14.4 Å². The summed E-state index contributed by atoms with van der Waals surface area (Å²) in [5, 5.41) is 12.1. The monoisotopic (exact) mass is 358 g/mol. The molecule has 0 spiro atoms. The van der Waals surface area contributed by atoms with Gasteiger partial charge in [0.05, 0.1) is 11.8 Å². The van der Waals surface area contributed by atoms with Crippen molar-refractivity contribution < 1.29 is 19.5 Å². The standard InChI is InChI=1S/C20H26N2O4/c1-2-13-5-3-4-6-17(13)22-12-15(11-18(22)23)19(24)21-16-9-7-14(8-10-16)20(25)26/h3-6,14-16H,2,7-12H2,1H3,(H,21,24)(H,25,26)/t14?,15-,16?/m1/s1. The van der Waals surface area contributed by atoms with Gasteiger partial charge in [0, 0.05) is 24.7 Å². The minimum atomic E-state index is -0.749. The number of rotatable bonds is 5. The Kier molecular flexibility index (Phi) is 5.59. The van der Waals surface area contributed by atoms with Gasteiger partial charge in [0.2, 0.25) is 11.8 Å². The van der Waals surface area contributed by atoms with Gasteiger partial charge in [0.25, 0.3) is 0 Å². The number of carboxylic acid groups (broad SMARTS) is 1. The van der Waals surface area contributed by atoms with Gasteiger partial charge < -0.3 is 15.3 Å². The Morgan fingerprint density at radius 3 is 2.50 bits per heavy atom. The number of aliphatic carboxylic acids is 1. The first kappa shape index (κ1) is 18.4. The molecule has 140 valence electrons. The molecule has 1 heterocycles. The zero-order valence-electron chi connectivity index (χ0n) is 15.1. The van der Waals surface area contributed by atoms with Gasteiger partial charge in [-0.25, -0.2) is 0 Å². The third-order valence-corrected chi connectivity index (χ3v) is 5.58. The number of nitrogens with zero attached hydrogens (tertiary/aromatic N) is 1. The molecule has 1 atom stereocenters. The Bertz CT molecular complexity index is 695. The van der Waals surface area contributed by atoms with Crippen molar-refractivity contribution in [2.45, 2.75) is 51.5 Å². The lowest BCUT2D eigenvalue weighted by atomic mass is 9.86. The second-order valence-corrected chi connectivity index (χ2v) is 7.28. The molecule has 6 heteroatoms. The molecule has 1 aliphatic heterocycles. The smallest absolute Gasteiger partial charge is 0.306 e. The van der Waals surface area contributed by atoms with E-state index in [2.05, 4.69) is 12.2 Å². The van der Waals surface area contributed by atoms with E-state index in [9.17, 15) is 14.4 Å². The van der Waals surface area contributed by atoms with Gasteiger partial charge in [0.1, 0.15) is 0 Å². The molecule has 1 aromatic carbocycles. The molecule has 1 aromatic rings. The van der Waals surface area contributed by atoms with Crippen LogP contribution in [-0.4, -0.2) is 35.5 Å². The summed E-state index contributed by atoms with van der Waals surface area (Å²) in [7, 11) is 0. The van der Waals surface area contributed by atoms with Crippen LogP contribution in [0.4, 0.5) is 5.69 Å². The second kappa shape index (κ2) is 7.89. The van der Waals surface area contributed by atoms with Crippen LogP contribution in [0.15, 0.2) is 24.3 Å². The summed E-state index contributed by atoms with van der Waals surface area (Å²) in [6.45, 7) is 2.46. The Balaban J connectivity index is 1.58. The van der Waals surface area contributed by atoms with Gasteiger partial charge in [-0.15, -0.1) is 0 Å². The second-order valence-electron chi connectivity index (χ2n) is 7.28. The van der Waals surface area contributed by atoms with E-state index in [1.54, 1.807) is 4.90 Å². The van der Waals surface area contributed by atoms with Crippen LogP contribution >= 0.6 is 0 Å². The maximum absolute atomic E-state index is 12.6. The van der Waals surface area contributed by atoms with Crippen molar-refractivity contribution in [3.63, 3.8) is 0 Å². The van der Waals surface area contributed by atoms with E-state index in [0.717, 1.165) is 17.7 Å². The fourth-order valence-corrected chi connectivity index (χ4v) is 3.99. The van der Waals surface area contributed by atoms with E-state index in [0.29, 0.717) is 32.2 Å². The predicted molar refractivity (Wildman–Crippen MR) is 97.8 cm³/mol. The van der Waals surface area contributed by atoms with Crippen molar-refractivity contribution in [3.8, 4) is 0 Å². The topological polar surface area (TPSA) is 86.7 Å². The number of carboxylic acids is 1. The van der Waals surface area contributed by atoms with Crippen molar-refractivity contribution >= 4 is 23.5 Å². The summed E-state index contributed by atoms with van der Waals surface area (Å²) < 4.78 is 0. The number of hydrogen-bond acceptors (Lipinski definition) is 3. The first-order valence-corrected chi connectivity index (χ1v) is 9.41. The Hall–Kier alpha value is -2.37. The van der Waals surface area contributed by atoms with Crippen molar-refractivity contribution in [1.82, 2.24) is 5.32 Å². The number of para-hydroxylation sites is 1. The highest BCUT2D eigenvalue weighted by Crippen LogP contribution is 2.29. The van der Waals surface area contributed by atoms with Crippen molar-refractivity contribution in [2.75, 3.05) is 11.4 Å². The molecule has 0 unspecified atom stereocenters. The number of anilines is 1. The fraction of sp³-hybridized carbons (Fsp3) is 0.550. The summed E-state index contributed by atoms with van der Waals surface area (Å²) in [5.41, 5.74) is 2.01. The number of nitrogens with one attached hydrogen (secondary N) is 1. The molecule has 3 rings (SSSR count). The molecule has 0 bridgehead atoms. The Morgan fingerprint density at radius 1 is 1.15 bits per heavy atom. The normalized spacial score (nSPS) is 26.0. The van der Waals surface area contributed by atoms with E-state index < -0.39 is 5.97 Å². The van der Waals surface area contributed by atoms with Crippen LogP contribution in [0, 0.1) is 11.8 Å². The van der Waals surface area contributed by atoms with Gasteiger partial charge in [-0.05, 0) is 43.7 Å². The molecule has 2 fully saturated rings. The van der Waals surface area contributed by atoms with Crippen LogP contribution in [0.3, 0.4) is 0 Å². The van der Waals surface area contributed by atoms with Gasteiger partial charge in [0.15, 0.2) is 0 Å². The molecule has 0 aromatic heterocycles. The summed E-state index contributed by atoms with van der Waals surface area (Å²) in [6, 6.07) is 7.84. The number of amides is 2. The summed E-state index contributed by atoms with van der Waals surface area (Å²) in [4.78, 5) is 37.8. The molecule has 6 nitrogen and oxygen atoms in total. The van der Waals surface area contributed by atoms with Crippen molar-refractivity contribution in [2.24, 2.45) is 11.8 Å². The number of hydrogen-bond donors (Lipinski definition) is 2. The molecule has 26 heavy (non-hydrogen) atoms. The fourth-order valence-electron chi connectivity index (χ4n) is 3.99. The predicted octanol–water partition coefficient (Wildman–Crippen LogP) is 2.36. The zero-order valence-corrected chi connectivity index (χ0v) is 15.1. The molecule has 0 radical (unpaired) electrons. The molecule has 2 amide bonds. The van der Waals surface area contributed by atoms with E-state index >= 15 is 0 Å². The zero-order chi connectivity index (χ0) is 18.7. The third-order valence-electron chi connectivity index (χ3n) is 5.58. The van der Waals surface area contributed by atoms with Crippen LogP contribution in [0.5, 0.6) is 0 Å². The van der Waals surface area contributed by atoms with E-state index in [1.807, 2.05) is 24.3 Å². The largest absolute Gasteiger partial charge is 0.481 e.